The number of hydrogen-bond acceptors (Lipinski definition) is 3. The van der Waals surface area contributed by atoms with Crippen molar-refractivity contribution in [2.75, 3.05) is 7.11 Å². The molecule has 102 valence electrons. The largest absolute Gasteiger partial charge is 0.464 e. The Balaban J connectivity index is 1.68. The van der Waals surface area contributed by atoms with Crippen LogP contribution in [0.3, 0.4) is 0 Å². The van der Waals surface area contributed by atoms with E-state index >= 15 is 0 Å². The van der Waals surface area contributed by atoms with Gasteiger partial charge in [0.25, 0.3) is 0 Å². The monoisotopic (exact) mass is 260 g/mol. The average molecular weight is 260 g/mol. The summed E-state index contributed by atoms with van der Waals surface area (Å²) in [5, 5.41) is 0. The second-order valence-corrected chi connectivity index (χ2v) is 6.83. The molecule has 4 saturated carbocycles. The Hall–Kier alpha value is -1.32. The number of ether oxygens (including phenoxy) is 1. The third-order valence-corrected chi connectivity index (χ3v) is 5.52. The van der Waals surface area contributed by atoms with Crippen LogP contribution in [-0.4, -0.2) is 23.0 Å². The maximum absolute atomic E-state index is 11.6. The first kappa shape index (κ1) is 11.5. The number of nitrogens with one attached hydrogen (secondary N) is 1. The molecule has 0 aromatic carbocycles. The second kappa shape index (κ2) is 3.84. The summed E-state index contributed by atoms with van der Waals surface area (Å²) in [6.45, 7) is 0. The zero-order chi connectivity index (χ0) is 13.0. The molecule has 0 atom stereocenters. The van der Waals surface area contributed by atoms with E-state index in [9.17, 15) is 4.79 Å². The Morgan fingerprint density at radius 1 is 1.26 bits per heavy atom. The highest BCUT2D eigenvalue weighted by Gasteiger charge is 2.53. The van der Waals surface area contributed by atoms with Gasteiger partial charge in [0.1, 0.15) is 11.5 Å². The van der Waals surface area contributed by atoms with Crippen LogP contribution in [0.5, 0.6) is 0 Å². The number of H-pyrrole nitrogens is 1. The molecule has 0 saturated heterocycles. The molecule has 0 radical (unpaired) electrons. The first-order valence-corrected chi connectivity index (χ1v) is 7.32. The van der Waals surface area contributed by atoms with E-state index in [1.807, 2.05) is 0 Å². The summed E-state index contributed by atoms with van der Waals surface area (Å²) in [5.41, 5.74) is 0.717. The van der Waals surface area contributed by atoms with Gasteiger partial charge in [-0.3, -0.25) is 0 Å². The van der Waals surface area contributed by atoms with Crippen LogP contribution in [0.25, 0.3) is 0 Å². The van der Waals surface area contributed by atoms with Gasteiger partial charge in [-0.25, -0.2) is 9.78 Å². The number of aromatic amines is 1. The van der Waals surface area contributed by atoms with E-state index < -0.39 is 0 Å². The van der Waals surface area contributed by atoms with Gasteiger partial charge in [-0.05, 0) is 56.3 Å². The van der Waals surface area contributed by atoms with Crippen molar-refractivity contribution in [2.45, 2.75) is 43.9 Å². The van der Waals surface area contributed by atoms with E-state index in [0.29, 0.717) is 5.69 Å². The van der Waals surface area contributed by atoms with Crippen molar-refractivity contribution in [3.63, 3.8) is 0 Å². The number of aromatic nitrogens is 2. The maximum atomic E-state index is 11.6. The number of esters is 1. The van der Waals surface area contributed by atoms with Gasteiger partial charge >= 0.3 is 5.97 Å². The summed E-state index contributed by atoms with van der Waals surface area (Å²) >= 11 is 0. The van der Waals surface area contributed by atoms with E-state index in [0.717, 1.165) is 23.6 Å². The molecule has 0 spiro atoms. The first-order chi connectivity index (χ1) is 9.18. The minimum atomic E-state index is -0.316. The van der Waals surface area contributed by atoms with Crippen molar-refractivity contribution in [3.05, 3.63) is 17.7 Å². The van der Waals surface area contributed by atoms with Gasteiger partial charge in [-0.2, -0.15) is 0 Å². The molecule has 0 amide bonds. The van der Waals surface area contributed by atoms with Crippen molar-refractivity contribution in [2.24, 2.45) is 17.8 Å². The zero-order valence-corrected chi connectivity index (χ0v) is 11.3. The molecule has 4 aliphatic rings. The summed E-state index contributed by atoms with van der Waals surface area (Å²) in [6, 6.07) is 0. The minimum absolute atomic E-state index is 0.223. The van der Waals surface area contributed by atoms with Gasteiger partial charge in [0.05, 0.1) is 13.3 Å². The van der Waals surface area contributed by atoms with Gasteiger partial charge in [0.2, 0.25) is 0 Å². The van der Waals surface area contributed by atoms with Crippen LogP contribution in [-0.2, 0) is 10.2 Å². The zero-order valence-electron chi connectivity index (χ0n) is 11.3. The highest BCUT2D eigenvalue weighted by atomic mass is 16.5. The van der Waals surface area contributed by atoms with Crippen molar-refractivity contribution in [3.8, 4) is 0 Å². The van der Waals surface area contributed by atoms with Gasteiger partial charge in [0, 0.05) is 5.41 Å². The predicted octanol–water partition coefficient (Wildman–Crippen LogP) is 2.66. The summed E-state index contributed by atoms with van der Waals surface area (Å²) in [4.78, 5) is 19.3. The molecule has 19 heavy (non-hydrogen) atoms. The Kier molecular flexibility index (Phi) is 2.32. The molecule has 4 nitrogen and oxygen atoms in total. The van der Waals surface area contributed by atoms with Crippen LogP contribution in [0.1, 0.15) is 54.8 Å². The Morgan fingerprint density at radius 2 is 1.84 bits per heavy atom. The summed E-state index contributed by atoms with van der Waals surface area (Å²) in [5.74, 6) is 3.38. The smallest absolute Gasteiger partial charge is 0.356 e. The molecular formula is C15H20N2O2. The van der Waals surface area contributed by atoms with Gasteiger partial charge in [-0.15, -0.1) is 0 Å². The fraction of sp³-hybridized carbons (Fsp3) is 0.733. The van der Waals surface area contributed by atoms with Gasteiger partial charge < -0.3 is 9.72 Å². The summed E-state index contributed by atoms with van der Waals surface area (Å²) < 4.78 is 4.76. The Morgan fingerprint density at radius 3 is 2.37 bits per heavy atom. The molecule has 4 fully saturated rings. The second-order valence-electron chi connectivity index (χ2n) is 6.83. The van der Waals surface area contributed by atoms with Crippen molar-refractivity contribution >= 4 is 5.97 Å². The van der Waals surface area contributed by atoms with Crippen LogP contribution >= 0.6 is 0 Å². The molecule has 1 heterocycles. The van der Waals surface area contributed by atoms with Gasteiger partial charge in [-0.1, -0.05) is 0 Å². The van der Waals surface area contributed by atoms with Crippen LogP contribution in [0.4, 0.5) is 0 Å². The molecular weight excluding hydrogens is 240 g/mol. The predicted molar refractivity (Wildman–Crippen MR) is 69.8 cm³/mol. The number of carbonyl (C=O) groups excluding carboxylic acids is 1. The lowest BCUT2D eigenvalue weighted by Gasteiger charge is -2.55. The normalized spacial score (nSPS) is 39.5. The van der Waals surface area contributed by atoms with Gasteiger partial charge in [0.15, 0.2) is 0 Å². The summed E-state index contributed by atoms with van der Waals surface area (Å²) in [6.07, 6.45) is 9.67. The van der Waals surface area contributed by atoms with Crippen LogP contribution < -0.4 is 0 Å². The Labute approximate surface area is 112 Å². The van der Waals surface area contributed by atoms with E-state index in [1.165, 1.54) is 45.6 Å². The van der Waals surface area contributed by atoms with Crippen LogP contribution in [0.15, 0.2) is 6.20 Å². The molecule has 4 heteroatoms. The topological polar surface area (TPSA) is 55.0 Å². The van der Waals surface area contributed by atoms with Crippen LogP contribution in [0.2, 0.25) is 0 Å². The first-order valence-electron chi connectivity index (χ1n) is 7.32. The molecule has 5 rings (SSSR count). The fourth-order valence-electron chi connectivity index (χ4n) is 5.21. The standard InChI is InChI=1S/C15H20N2O2/c1-19-13(18)12-8-16-14(17-12)15-5-9-2-10(6-15)4-11(3-9)7-15/h8-11H,2-7H2,1H3,(H,16,17). The van der Waals surface area contributed by atoms with Crippen molar-refractivity contribution < 1.29 is 9.53 Å². The van der Waals surface area contributed by atoms with Crippen molar-refractivity contribution in [1.29, 1.82) is 0 Å². The quantitative estimate of drug-likeness (QED) is 0.832. The molecule has 0 unspecified atom stereocenters. The number of carbonyl (C=O) groups is 1. The number of hydrogen-bond donors (Lipinski definition) is 1. The number of imidazole rings is 1. The highest BCUT2D eigenvalue weighted by Crippen LogP contribution is 2.60. The highest BCUT2D eigenvalue weighted by molar-refractivity contribution is 5.86. The van der Waals surface area contributed by atoms with E-state index in [2.05, 4.69) is 9.97 Å². The third-order valence-electron chi connectivity index (χ3n) is 5.52. The van der Waals surface area contributed by atoms with Crippen molar-refractivity contribution in [1.82, 2.24) is 9.97 Å². The lowest BCUT2D eigenvalue weighted by Crippen LogP contribution is -2.49. The number of methoxy groups -OCH3 is 1. The number of nitrogens with zero attached hydrogens (tertiary/aromatic N) is 1. The molecule has 1 aromatic heterocycles. The summed E-state index contributed by atoms with van der Waals surface area (Å²) in [7, 11) is 1.41. The average Bonchev–Trinajstić information content (AvgIpc) is 2.86. The molecule has 4 bridgehead atoms. The lowest BCUT2D eigenvalue weighted by molar-refractivity contribution is -0.00906. The third kappa shape index (κ3) is 1.65. The Bertz CT molecular complexity index is 485. The SMILES string of the molecule is COC(=O)c1cnc(C23CC4CC(CC(C4)C2)C3)[nH]1. The fourth-order valence-corrected chi connectivity index (χ4v) is 5.21. The number of rotatable bonds is 2. The molecule has 0 aliphatic heterocycles. The van der Waals surface area contributed by atoms with E-state index in [1.54, 1.807) is 6.20 Å². The molecule has 1 aromatic rings. The minimum Gasteiger partial charge on any atom is -0.464 e. The van der Waals surface area contributed by atoms with E-state index in [4.69, 9.17) is 4.74 Å². The lowest BCUT2D eigenvalue weighted by atomic mass is 9.49. The van der Waals surface area contributed by atoms with Crippen LogP contribution in [0, 0.1) is 17.8 Å². The molecule has 1 N–H and O–H groups in total. The molecule has 4 aliphatic carbocycles. The van der Waals surface area contributed by atoms with E-state index in [-0.39, 0.29) is 11.4 Å². The maximum Gasteiger partial charge on any atom is 0.356 e.